The van der Waals surface area contributed by atoms with Crippen molar-refractivity contribution in [2.24, 2.45) is 11.0 Å². The van der Waals surface area contributed by atoms with Crippen LogP contribution < -0.4 is 0 Å². The standard InChI is InChI=1S/C23H22N4O2/c1-23(2,28)21-11-14(6-8-25-21)17-7-9-24-18-12-20(29-22(17)18)15-4-5-19-16(10-15)13-26-27(19)3/h4-13,16,19,28H,1-3H3. The minimum absolute atomic E-state index is 0.246. The number of fused-ring (bicyclic) bond motifs is 2. The fraction of sp³-hybridized carbons (Fsp3) is 0.261. The van der Waals surface area contributed by atoms with Gasteiger partial charge in [-0.05, 0) is 37.6 Å². The summed E-state index contributed by atoms with van der Waals surface area (Å²) in [6, 6.07) is 7.99. The quantitative estimate of drug-likeness (QED) is 0.737. The van der Waals surface area contributed by atoms with Crippen LogP contribution >= 0.6 is 0 Å². The monoisotopic (exact) mass is 386 g/mol. The fourth-order valence-corrected chi connectivity index (χ4v) is 3.86. The Morgan fingerprint density at radius 1 is 1.14 bits per heavy atom. The largest absolute Gasteiger partial charge is 0.454 e. The molecule has 0 fully saturated rings. The highest BCUT2D eigenvalue weighted by Gasteiger charge is 2.28. The maximum Gasteiger partial charge on any atom is 0.161 e. The van der Waals surface area contributed by atoms with Crippen LogP contribution in [-0.4, -0.2) is 39.4 Å². The zero-order valence-corrected chi connectivity index (χ0v) is 16.6. The number of likely N-dealkylation sites (N-methyl/N-ethyl adjacent to an activating group) is 1. The number of hydrogen-bond acceptors (Lipinski definition) is 6. The molecular formula is C23H22N4O2. The Hall–Kier alpha value is -3.25. The smallest absolute Gasteiger partial charge is 0.161 e. The van der Waals surface area contributed by atoms with E-state index in [2.05, 4.69) is 33.3 Å². The van der Waals surface area contributed by atoms with Crippen molar-refractivity contribution in [3.8, 4) is 11.1 Å². The lowest BCUT2D eigenvalue weighted by Gasteiger charge is -2.22. The van der Waals surface area contributed by atoms with Crippen molar-refractivity contribution in [1.82, 2.24) is 15.0 Å². The number of nitrogens with zero attached hydrogens (tertiary/aromatic N) is 4. The third-order valence-electron chi connectivity index (χ3n) is 5.49. The first-order valence-corrected chi connectivity index (χ1v) is 9.65. The molecule has 0 radical (unpaired) electrons. The Balaban J connectivity index is 1.57. The molecular weight excluding hydrogens is 364 g/mol. The summed E-state index contributed by atoms with van der Waals surface area (Å²) in [4.78, 5) is 8.79. The van der Waals surface area contributed by atoms with Gasteiger partial charge in [-0.15, -0.1) is 0 Å². The Morgan fingerprint density at radius 3 is 2.79 bits per heavy atom. The van der Waals surface area contributed by atoms with Crippen LogP contribution in [0.15, 0.2) is 64.4 Å². The van der Waals surface area contributed by atoms with Crippen molar-refractivity contribution < 1.29 is 9.52 Å². The second-order valence-corrected chi connectivity index (χ2v) is 8.06. The van der Waals surface area contributed by atoms with E-state index in [1.54, 1.807) is 26.2 Å². The zero-order valence-electron chi connectivity index (χ0n) is 16.6. The van der Waals surface area contributed by atoms with E-state index >= 15 is 0 Å². The van der Waals surface area contributed by atoms with E-state index < -0.39 is 5.60 Å². The summed E-state index contributed by atoms with van der Waals surface area (Å²) in [5.74, 6) is 1.03. The van der Waals surface area contributed by atoms with E-state index in [0.29, 0.717) is 5.69 Å². The van der Waals surface area contributed by atoms with E-state index in [1.807, 2.05) is 42.5 Å². The van der Waals surface area contributed by atoms with Crippen molar-refractivity contribution in [3.63, 3.8) is 0 Å². The number of furan rings is 1. The molecule has 0 bridgehead atoms. The summed E-state index contributed by atoms with van der Waals surface area (Å²) in [5, 5.41) is 16.7. The molecule has 2 atom stereocenters. The molecule has 1 aliphatic heterocycles. The summed E-state index contributed by atoms with van der Waals surface area (Å²) in [6.07, 6.45) is 11.9. The van der Waals surface area contributed by atoms with Crippen molar-refractivity contribution in [2.75, 3.05) is 7.05 Å². The number of hydrogen-bond donors (Lipinski definition) is 1. The summed E-state index contributed by atoms with van der Waals surface area (Å²) in [7, 11) is 1.98. The summed E-state index contributed by atoms with van der Waals surface area (Å²) in [6.45, 7) is 3.45. The van der Waals surface area contributed by atoms with E-state index in [0.717, 1.165) is 33.6 Å². The second kappa shape index (κ2) is 6.39. The number of pyridine rings is 2. The zero-order chi connectivity index (χ0) is 20.2. The van der Waals surface area contributed by atoms with Gasteiger partial charge >= 0.3 is 0 Å². The van der Waals surface area contributed by atoms with Gasteiger partial charge in [-0.2, -0.15) is 5.10 Å². The Kier molecular flexibility index (Phi) is 3.93. The Labute approximate surface area is 168 Å². The molecule has 146 valence electrons. The number of allylic oxidation sites excluding steroid dienone is 2. The van der Waals surface area contributed by atoms with Crippen LogP contribution in [0.4, 0.5) is 0 Å². The first kappa shape index (κ1) is 17.8. The molecule has 0 saturated carbocycles. The minimum atomic E-state index is -1.01. The number of hydrazone groups is 1. The van der Waals surface area contributed by atoms with Gasteiger partial charge in [0.25, 0.3) is 0 Å². The van der Waals surface area contributed by atoms with Gasteiger partial charge in [0.2, 0.25) is 0 Å². The van der Waals surface area contributed by atoms with Gasteiger partial charge in [-0.1, -0.05) is 18.2 Å². The normalized spacial score (nSPS) is 21.0. The van der Waals surface area contributed by atoms with Gasteiger partial charge in [-0.3, -0.25) is 15.0 Å². The molecule has 3 aromatic rings. The molecule has 1 N–H and O–H groups in total. The number of rotatable bonds is 3. The van der Waals surface area contributed by atoms with E-state index in [9.17, 15) is 5.11 Å². The van der Waals surface area contributed by atoms with E-state index in [-0.39, 0.29) is 12.0 Å². The van der Waals surface area contributed by atoms with Gasteiger partial charge in [0.1, 0.15) is 16.9 Å². The van der Waals surface area contributed by atoms with Crippen LogP contribution in [0.2, 0.25) is 0 Å². The lowest BCUT2D eigenvalue weighted by molar-refractivity contribution is 0.0739. The lowest BCUT2D eigenvalue weighted by atomic mass is 9.92. The molecule has 0 aromatic carbocycles. The number of aromatic nitrogens is 2. The molecule has 1 aliphatic carbocycles. The average Bonchev–Trinajstić information content (AvgIpc) is 3.31. The molecule has 2 aliphatic rings. The molecule has 5 rings (SSSR count). The average molecular weight is 386 g/mol. The van der Waals surface area contributed by atoms with Crippen LogP contribution in [0.1, 0.15) is 25.3 Å². The Bertz CT molecular complexity index is 1180. The van der Waals surface area contributed by atoms with Crippen molar-refractivity contribution in [1.29, 1.82) is 0 Å². The fourth-order valence-electron chi connectivity index (χ4n) is 3.86. The Morgan fingerprint density at radius 2 is 1.97 bits per heavy atom. The highest BCUT2D eigenvalue weighted by molar-refractivity contribution is 5.93. The van der Waals surface area contributed by atoms with Gasteiger partial charge in [0.05, 0.1) is 11.7 Å². The molecule has 0 saturated heterocycles. The molecule has 3 aromatic heterocycles. The van der Waals surface area contributed by atoms with Crippen LogP contribution in [0, 0.1) is 5.92 Å². The molecule has 6 nitrogen and oxygen atoms in total. The maximum atomic E-state index is 10.3. The SMILES string of the molecule is CN1N=CC2C=C(c3cc4nccc(-c5ccnc(C(C)(C)O)c5)c4o3)C=CC21. The number of aliphatic hydroxyl groups is 1. The highest BCUT2D eigenvalue weighted by atomic mass is 16.3. The lowest BCUT2D eigenvalue weighted by Crippen LogP contribution is -2.27. The topological polar surface area (TPSA) is 74.8 Å². The molecule has 29 heavy (non-hydrogen) atoms. The summed E-state index contributed by atoms with van der Waals surface area (Å²) < 4.78 is 6.27. The molecule has 0 amide bonds. The first-order valence-electron chi connectivity index (χ1n) is 9.65. The third-order valence-corrected chi connectivity index (χ3v) is 5.49. The van der Waals surface area contributed by atoms with Crippen LogP contribution in [0.25, 0.3) is 27.8 Å². The summed E-state index contributed by atoms with van der Waals surface area (Å²) >= 11 is 0. The first-order chi connectivity index (χ1) is 13.9. The third kappa shape index (κ3) is 3.06. The van der Waals surface area contributed by atoms with Crippen molar-refractivity contribution in [3.05, 3.63) is 66.3 Å². The van der Waals surface area contributed by atoms with Gasteiger partial charge in [0, 0.05) is 48.8 Å². The molecule has 2 unspecified atom stereocenters. The highest BCUT2D eigenvalue weighted by Crippen LogP contribution is 2.35. The molecule has 0 spiro atoms. The van der Waals surface area contributed by atoms with Crippen LogP contribution in [-0.2, 0) is 5.60 Å². The van der Waals surface area contributed by atoms with Gasteiger partial charge in [-0.25, -0.2) is 0 Å². The minimum Gasteiger partial charge on any atom is -0.454 e. The van der Waals surface area contributed by atoms with Crippen molar-refractivity contribution >= 4 is 22.9 Å². The maximum absolute atomic E-state index is 10.3. The van der Waals surface area contributed by atoms with Crippen LogP contribution in [0.3, 0.4) is 0 Å². The molecule has 4 heterocycles. The van der Waals surface area contributed by atoms with Crippen molar-refractivity contribution in [2.45, 2.75) is 25.5 Å². The predicted octanol–water partition coefficient (Wildman–Crippen LogP) is 3.99. The van der Waals surface area contributed by atoms with Crippen LogP contribution in [0.5, 0.6) is 0 Å². The van der Waals surface area contributed by atoms with E-state index in [1.165, 1.54) is 0 Å². The summed E-state index contributed by atoms with van der Waals surface area (Å²) in [5.41, 5.74) is 4.01. The van der Waals surface area contributed by atoms with Gasteiger partial charge in [0.15, 0.2) is 5.58 Å². The van der Waals surface area contributed by atoms with E-state index in [4.69, 9.17) is 4.42 Å². The van der Waals surface area contributed by atoms with Gasteiger partial charge < -0.3 is 9.52 Å². The molecule has 6 heteroatoms. The second-order valence-electron chi connectivity index (χ2n) is 8.06. The predicted molar refractivity (Wildman–Crippen MR) is 113 cm³/mol.